The van der Waals surface area contributed by atoms with E-state index in [-0.39, 0.29) is 28.5 Å². The van der Waals surface area contributed by atoms with Gasteiger partial charge in [0.15, 0.2) is 0 Å². The van der Waals surface area contributed by atoms with Crippen LogP contribution in [0.15, 0.2) is 77.7 Å². The number of amidine groups is 1. The lowest BCUT2D eigenvalue weighted by Crippen LogP contribution is -2.33. The van der Waals surface area contributed by atoms with Gasteiger partial charge in [0.25, 0.3) is 0 Å². The molecule has 2 unspecified atom stereocenters. The van der Waals surface area contributed by atoms with Crippen LogP contribution in [0.4, 0.5) is 0 Å². The van der Waals surface area contributed by atoms with Gasteiger partial charge in [-0.1, -0.05) is 60.7 Å². The van der Waals surface area contributed by atoms with Crippen LogP contribution >= 0.6 is 0 Å². The van der Waals surface area contributed by atoms with Crippen LogP contribution in [0.1, 0.15) is 22.6 Å². The van der Waals surface area contributed by atoms with Gasteiger partial charge in [0, 0.05) is 50.8 Å². The fraction of sp³-hybridized carbons (Fsp3) is 0.259. The third kappa shape index (κ3) is 5.48. The van der Waals surface area contributed by atoms with E-state index < -0.39 is 10.0 Å². The van der Waals surface area contributed by atoms with E-state index in [1.165, 1.54) is 6.07 Å². The molecule has 1 heterocycles. The Labute approximate surface area is 212 Å². The molecule has 1 aliphatic heterocycles. The molecule has 5 N–H and O–H groups in total. The predicted molar refractivity (Wildman–Crippen MR) is 141 cm³/mol. The highest BCUT2D eigenvalue weighted by atomic mass is 32.2. The standard InChI is InChI=1S/C27H31N5O3S/c1-31(2)27(33)24-17-32(16-23(24)20-6-5-7-21(14-20)26(28)29)15-18-10-12-19(13-11-18)22-8-3-4-9-25(22)36(30,34)35/h3-14,23-24H,15-17H2,1-2H3,(H3,28,29)(H2,30,34,35). The number of nitrogens with two attached hydrogens (primary N) is 2. The number of primary sulfonamides is 1. The maximum atomic E-state index is 13.0. The Balaban J connectivity index is 1.56. The van der Waals surface area contributed by atoms with Crippen molar-refractivity contribution >= 4 is 21.8 Å². The minimum Gasteiger partial charge on any atom is -0.384 e. The van der Waals surface area contributed by atoms with E-state index in [4.69, 9.17) is 16.3 Å². The Morgan fingerprint density at radius 2 is 1.72 bits per heavy atom. The molecule has 1 aliphatic rings. The quantitative estimate of drug-likeness (QED) is 0.335. The molecule has 188 valence electrons. The molecule has 36 heavy (non-hydrogen) atoms. The van der Waals surface area contributed by atoms with Gasteiger partial charge in [0.05, 0.1) is 10.8 Å². The zero-order valence-electron chi connectivity index (χ0n) is 20.4. The molecule has 1 saturated heterocycles. The minimum absolute atomic E-state index is 0.00582. The van der Waals surface area contributed by atoms with Crippen LogP contribution < -0.4 is 10.9 Å². The molecule has 0 aliphatic carbocycles. The van der Waals surface area contributed by atoms with Crippen LogP contribution in [0.2, 0.25) is 0 Å². The first-order chi connectivity index (χ1) is 17.0. The summed E-state index contributed by atoms with van der Waals surface area (Å²) in [5.41, 5.74) is 9.74. The number of nitrogens with zero attached hydrogens (tertiary/aromatic N) is 2. The highest BCUT2D eigenvalue weighted by Gasteiger charge is 2.39. The first kappa shape index (κ1) is 25.6. The van der Waals surface area contributed by atoms with Crippen molar-refractivity contribution in [1.82, 2.24) is 9.80 Å². The Bertz CT molecular complexity index is 1390. The van der Waals surface area contributed by atoms with Crippen LogP contribution in [0.25, 0.3) is 11.1 Å². The molecular formula is C27H31N5O3S. The average molecular weight is 506 g/mol. The Morgan fingerprint density at radius 1 is 1.03 bits per heavy atom. The van der Waals surface area contributed by atoms with Gasteiger partial charge in [0.2, 0.25) is 15.9 Å². The molecule has 2 atom stereocenters. The van der Waals surface area contributed by atoms with Crippen molar-refractivity contribution in [2.24, 2.45) is 16.8 Å². The van der Waals surface area contributed by atoms with Crippen LogP contribution in [0.3, 0.4) is 0 Å². The summed E-state index contributed by atoms with van der Waals surface area (Å²) in [6, 6.07) is 22.0. The number of hydrogen-bond donors (Lipinski definition) is 3. The van der Waals surface area contributed by atoms with Crippen molar-refractivity contribution in [1.29, 1.82) is 5.41 Å². The first-order valence-electron chi connectivity index (χ1n) is 11.6. The van der Waals surface area contributed by atoms with E-state index in [0.717, 1.165) is 16.7 Å². The van der Waals surface area contributed by atoms with E-state index in [1.54, 1.807) is 43.3 Å². The van der Waals surface area contributed by atoms with Gasteiger partial charge in [-0.25, -0.2) is 13.6 Å². The van der Waals surface area contributed by atoms with Gasteiger partial charge in [-0.15, -0.1) is 0 Å². The molecule has 4 rings (SSSR count). The van der Waals surface area contributed by atoms with E-state index in [1.807, 2.05) is 42.5 Å². The molecule has 0 saturated carbocycles. The molecule has 3 aromatic carbocycles. The smallest absolute Gasteiger partial charge is 0.238 e. The van der Waals surface area contributed by atoms with Gasteiger partial charge in [-0.05, 0) is 28.8 Å². The first-order valence-corrected chi connectivity index (χ1v) is 13.2. The summed E-state index contributed by atoms with van der Waals surface area (Å²) in [6.45, 7) is 1.96. The maximum Gasteiger partial charge on any atom is 0.238 e. The fourth-order valence-electron chi connectivity index (χ4n) is 4.87. The molecule has 1 amide bonds. The maximum absolute atomic E-state index is 13.0. The third-order valence-electron chi connectivity index (χ3n) is 6.64. The highest BCUT2D eigenvalue weighted by Crippen LogP contribution is 2.35. The number of carbonyl (C=O) groups is 1. The average Bonchev–Trinajstić information content (AvgIpc) is 3.27. The number of likely N-dealkylation sites (tertiary alicyclic amines) is 1. The number of benzene rings is 3. The van der Waals surface area contributed by atoms with E-state index in [0.29, 0.717) is 30.8 Å². The Hall–Kier alpha value is -3.53. The third-order valence-corrected chi connectivity index (χ3v) is 7.61. The van der Waals surface area contributed by atoms with Gasteiger partial charge in [-0.3, -0.25) is 15.1 Å². The Kier molecular flexibility index (Phi) is 7.26. The van der Waals surface area contributed by atoms with Crippen LogP contribution in [0.5, 0.6) is 0 Å². The zero-order valence-corrected chi connectivity index (χ0v) is 21.2. The van der Waals surface area contributed by atoms with Crippen molar-refractivity contribution in [2.75, 3.05) is 27.2 Å². The molecule has 9 heteroatoms. The number of nitrogen functional groups attached to an aromatic ring is 1. The van der Waals surface area contributed by atoms with Crippen molar-refractivity contribution in [3.8, 4) is 11.1 Å². The monoisotopic (exact) mass is 505 g/mol. The van der Waals surface area contributed by atoms with Crippen LogP contribution in [0, 0.1) is 11.3 Å². The molecule has 0 radical (unpaired) electrons. The number of sulfonamides is 1. The second-order valence-corrected chi connectivity index (χ2v) is 10.9. The summed E-state index contributed by atoms with van der Waals surface area (Å²) in [4.78, 5) is 17.0. The zero-order chi connectivity index (χ0) is 26.0. The molecule has 0 spiro atoms. The molecule has 0 bridgehead atoms. The lowest BCUT2D eigenvalue weighted by Gasteiger charge is -2.22. The van der Waals surface area contributed by atoms with Crippen molar-refractivity contribution in [3.63, 3.8) is 0 Å². The topological polar surface area (TPSA) is 134 Å². The summed E-state index contributed by atoms with van der Waals surface area (Å²) in [6.07, 6.45) is 0. The lowest BCUT2D eigenvalue weighted by atomic mass is 9.87. The predicted octanol–water partition coefficient (Wildman–Crippen LogP) is 2.59. The highest BCUT2D eigenvalue weighted by molar-refractivity contribution is 7.89. The fourth-order valence-corrected chi connectivity index (χ4v) is 5.63. The number of rotatable bonds is 7. The lowest BCUT2D eigenvalue weighted by molar-refractivity contribution is -0.132. The minimum atomic E-state index is -3.84. The van der Waals surface area contributed by atoms with Crippen LogP contribution in [-0.4, -0.2) is 57.1 Å². The Morgan fingerprint density at radius 3 is 2.36 bits per heavy atom. The second-order valence-electron chi connectivity index (χ2n) is 9.42. The van der Waals surface area contributed by atoms with Crippen LogP contribution in [-0.2, 0) is 21.4 Å². The number of hydrogen-bond acceptors (Lipinski definition) is 5. The van der Waals surface area contributed by atoms with E-state index in [9.17, 15) is 13.2 Å². The van der Waals surface area contributed by atoms with Crippen molar-refractivity contribution < 1.29 is 13.2 Å². The summed E-state index contributed by atoms with van der Waals surface area (Å²) < 4.78 is 24.0. The molecule has 1 fully saturated rings. The van der Waals surface area contributed by atoms with E-state index in [2.05, 4.69) is 4.90 Å². The second kappa shape index (κ2) is 10.2. The molecule has 8 nitrogen and oxygen atoms in total. The molecule has 3 aromatic rings. The SMILES string of the molecule is CN(C)C(=O)C1CN(Cc2ccc(-c3ccccc3S(N)(=O)=O)cc2)CC1c1cccc(C(=N)N)c1. The van der Waals surface area contributed by atoms with Crippen molar-refractivity contribution in [3.05, 3.63) is 89.5 Å². The van der Waals surface area contributed by atoms with Gasteiger partial charge in [0.1, 0.15) is 5.84 Å². The largest absolute Gasteiger partial charge is 0.384 e. The number of amides is 1. The summed E-state index contributed by atoms with van der Waals surface area (Å²) >= 11 is 0. The number of nitrogens with one attached hydrogen (secondary N) is 1. The molecular weight excluding hydrogens is 474 g/mol. The van der Waals surface area contributed by atoms with Gasteiger partial charge in [-0.2, -0.15) is 0 Å². The van der Waals surface area contributed by atoms with Gasteiger partial charge < -0.3 is 10.6 Å². The summed E-state index contributed by atoms with van der Waals surface area (Å²) in [5, 5.41) is 13.2. The van der Waals surface area contributed by atoms with E-state index >= 15 is 0 Å². The van der Waals surface area contributed by atoms with Crippen molar-refractivity contribution in [2.45, 2.75) is 17.4 Å². The summed E-state index contributed by atoms with van der Waals surface area (Å²) in [5.74, 6) is -0.139. The van der Waals surface area contributed by atoms with Gasteiger partial charge >= 0.3 is 0 Å². The molecule has 0 aromatic heterocycles. The summed E-state index contributed by atoms with van der Waals surface area (Å²) in [7, 11) is -0.298. The number of carbonyl (C=O) groups excluding carboxylic acids is 1. The normalized spacial score (nSPS) is 18.2.